The van der Waals surface area contributed by atoms with Gasteiger partial charge in [0.1, 0.15) is 5.60 Å². The number of rotatable bonds is 5. The molecule has 1 fully saturated rings. The van der Waals surface area contributed by atoms with E-state index in [-0.39, 0.29) is 5.91 Å². The number of nitrogens with one attached hydrogen (secondary N) is 1. The molecular formula is C14H20N2O2. The van der Waals surface area contributed by atoms with E-state index in [1.807, 2.05) is 25.1 Å². The lowest BCUT2D eigenvalue weighted by Crippen LogP contribution is -2.44. The van der Waals surface area contributed by atoms with Gasteiger partial charge in [0, 0.05) is 25.0 Å². The predicted molar refractivity (Wildman–Crippen MR) is 69.2 cm³/mol. The van der Waals surface area contributed by atoms with E-state index < -0.39 is 5.60 Å². The van der Waals surface area contributed by atoms with Gasteiger partial charge in [0.25, 0.3) is 5.91 Å². The maximum Gasteiger partial charge on any atom is 0.251 e. The minimum absolute atomic E-state index is 0.0148. The summed E-state index contributed by atoms with van der Waals surface area (Å²) in [6.45, 7) is 3.24. The Morgan fingerprint density at radius 1 is 1.56 bits per heavy atom. The number of carbonyl (C=O) groups is 1. The van der Waals surface area contributed by atoms with Crippen molar-refractivity contribution in [1.82, 2.24) is 10.3 Å². The summed E-state index contributed by atoms with van der Waals surface area (Å²) in [6.07, 6.45) is 5.37. The molecule has 1 amide bonds. The zero-order chi connectivity index (χ0) is 12.8. The number of aryl methyl sites for hydroxylation is 1. The van der Waals surface area contributed by atoms with Crippen molar-refractivity contribution in [2.45, 2.75) is 38.2 Å². The summed E-state index contributed by atoms with van der Waals surface area (Å²) in [5, 5.41) is 2.94. The number of hydrogen-bond donors (Lipinski definition) is 1. The Morgan fingerprint density at radius 3 is 3.11 bits per heavy atom. The van der Waals surface area contributed by atoms with E-state index in [4.69, 9.17) is 4.74 Å². The maximum atomic E-state index is 11.9. The van der Waals surface area contributed by atoms with Crippen LogP contribution in [-0.4, -0.2) is 29.6 Å². The molecule has 4 nitrogen and oxygen atoms in total. The fourth-order valence-corrected chi connectivity index (χ4v) is 2.16. The SMILES string of the molecule is C[C@]1(C(=O)NCCCc2ccccn2)CCCO1. The highest BCUT2D eigenvalue weighted by Gasteiger charge is 2.37. The fourth-order valence-electron chi connectivity index (χ4n) is 2.16. The van der Waals surface area contributed by atoms with Gasteiger partial charge in [0.05, 0.1) is 0 Å². The first-order chi connectivity index (χ1) is 8.71. The molecule has 1 aromatic rings. The molecule has 4 heteroatoms. The number of hydrogen-bond acceptors (Lipinski definition) is 3. The molecule has 0 saturated carbocycles. The van der Waals surface area contributed by atoms with Crippen LogP contribution in [0.2, 0.25) is 0 Å². The van der Waals surface area contributed by atoms with Crippen molar-refractivity contribution in [1.29, 1.82) is 0 Å². The van der Waals surface area contributed by atoms with Gasteiger partial charge in [0.15, 0.2) is 0 Å². The summed E-state index contributed by atoms with van der Waals surface area (Å²) in [7, 11) is 0. The van der Waals surface area contributed by atoms with Gasteiger partial charge in [-0.05, 0) is 44.7 Å². The molecule has 1 aromatic heterocycles. The summed E-state index contributed by atoms with van der Waals surface area (Å²) in [4.78, 5) is 16.2. The van der Waals surface area contributed by atoms with Crippen molar-refractivity contribution in [3.8, 4) is 0 Å². The van der Waals surface area contributed by atoms with Crippen LogP contribution in [0.3, 0.4) is 0 Å². The van der Waals surface area contributed by atoms with Crippen LogP contribution < -0.4 is 5.32 Å². The van der Waals surface area contributed by atoms with Gasteiger partial charge >= 0.3 is 0 Å². The van der Waals surface area contributed by atoms with Gasteiger partial charge in [0.2, 0.25) is 0 Å². The monoisotopic (exact) mass is 248 g/mol. The van der Waals surface area contributed by atoms with Crippen molar-refractivity contribution >= 4 is 5.91 Å². The number of pyridine rings is 1. The van der Waals surface area contributed by atoms with Gasteiger partial charge in [-0.2, -0.15) is 0 Å². The number of aromatic nitrogens is 1. The molecule has 0 aromatic carbocycles. The van der Waals surface area contributed by atoms with Crippen LogP contribution in [0.4, 0.5) is 0 Å². The predicted octanol–water partition coefficient (Wildman–Crippen LogP) is 1.70. The molecule has 2 heterocycles. The maximum absolute atomic E-state index is 11.9. The molecule has 98 valence electrons. The van der Waals surface area contributed by atoms with Gasteiger partial charge in [-0.15, -0.1) is 0 Å². The summed E-state index contributed by atoms with van der Waals surface area (Å²) >= 11 is 0. The van der Waals surface area contributed by atoms with Crippen molar-refractivity contribution in [3.63, 3.8) is 0 Å². The van der Waals surface area contributed by atoms with Crippen molar-refractivity contribution < 1.29 is 9.53 Å². The Morgan fingerprint density at radius 2 is 2.44 bits per heavy atom. The summed E-state index contributed by atoms with van der Waals surface area (Å²) < 4.78 is 5.49. The normalized spacial score (nSPS) is 22.9. The third kappa shape index (κ3) is 3.29. The lowest BCUT2D eigenvalue weighted by atomic mass is 10.0. The average Bonchev–Trinajstić information content (AvgIpc) is 2.84. The topological polar surface area (TPSA) is 51.2 Å². The minimum atomic E-state index is -0.606. The second-order valence-corrected chi connectivity index (χ2v) is 4.86. The Hall–Kier alpha value is -1.42. The molecule has 1 atom stereocenters. The van der Waals surface area contributed by atoms with E-state index in [0.29, 0.717) is 13.2 Å². The summed E-state index contributed by atoms with van der Waals surface area (Å²) in [6, 6.07) is 5.89. The number of nitrogens with zero attached hydrogens (tertiary/aromatic N) is 1. The van der Waals surface area contributed by atoms with Crippen LogP contribution >= 0.6 is 0 Å². The van der Waals surface area contributed by atoms with Crippen LogP contribution in [0.15, 0.2) is 24.4 Å². The second-order valence-electron chi connectivity index (χ2n) is 4.86. The third-order valence-electron chi connectivity index (χ3n) is 3.32. The van der Waals surface area contributed by atoms with Gasteiger partial charge < -0.3 is 10.1 Å². The van der Waals surface area contributed by atoms with E-state index in [2.05, 4.69) is 10.3 Å². The molecule has 0 aliphatic carbocycles. The van der Waals surface area contributed by atoms with Crippen LogP contribution in [0.1, 0.15) is 31.9 Å². The van der Waals surface area contributed by atoms with Gasteiger partial charge in [-0.1, -0.05) is 6.07 Å². The largest absolute Gasteiger partial charge is 0.365 e. The minimum Gasteiger partial charge on any atom is -0.365 e. The van der Waals surface area contributed by atoms with Crippen LogP contribution in [-0.2, 0) is 16.0 Å². The number of ether oxygens (including phenoxy) is 1. The summed E-state index contributed by atoms with van der Waals surface area (Å²) in [5.74, 6) is 0.0148. The summed E-state index contributed by atoms with van der Waals surface area (Å²) in [5.41, 5.74) is 0.459. The highest BCUT2D eigenvalue weighted by molar-refractivity contribution is 5.84. The van der Waals surface area contributed by atoms with Gasteiger partial charge in [-0.3, -0.25) is 9.78 Å². The lowest BCUT2D eigenvalue weighted by Gasteiger charge is -2.21. The molecular weight excluding hydrogens is 228 g/mol. The van der Waals surface area contributed by atoms with E-state index in [1.165, 1.54) is 0 Å². The molecule has 0 unspecified atom stereocenters. The van der Waals surface area contributed by atoms with Crippen LogP contribution in [0.25, 0.3) is 0 Å². The van der Waals surface area contributed by atoms with E-state index in [0.717, 1.165) is 31.4 Å². The third-order valence-corrected chi connectivity index (χ3v) is 3.32. The zero-order valence-corrected chi connectivity index (χ0v) is 10.8. The molecule has 1 N–H and O–H groups in total. The van der Waals surface area contributed by atoms with E-state index in [1.54, 1.807) is 6.20 Å². The smallest absolute Gasteiger partial charge is 0.251 e. The Kier molecular flexibility index (Phi) is 4.31. The Labute approximate surface area is 108 Å². The highest BCUT2D eigenvalue weighted by atomic mass is 16.5. The van der Waals surface area contributed by atoms with Crippen LogP contribution in [0, 0.1) is 0 Å². The standard InChI is InChI=1S/C14H20N2O2/c1-14(8-5-11-18-14)13(17)16-10-4-7-12-6-2-3-9-15-12/h2-3,6,9H,4-5,7-8,10-11H2,1H3,(H,16,17)/t14-/m1/s1. The highest BCUT2D eigenvalue weighted by Crippen LogP contribution is 2.24. The molecule has 1 aliphatic rings. The first-order valence-corrected chi connectivity index (χ1v) is 6.53. The van der Waals surface area contributed by atoms with Crippen LogP contribution in [0.5, 0.6) is 0 Å². The second kappa shape index (κ2) is 5.96. The Balaban J connectivity index is 1.68. The molecule has 0 radical (unpaired) electrons. The fraction of sp³-hybridized carbons (Fsp3) is 0.571. The lowest BCUT2D eigenvalue weighted by molar-refractivity contribution is -0.139. The molecule has 18 heavy (non-hydrogen) atoms. The number of carbonyl (C=O) groups excluding carboxylic acids is 1. The van der Waals surface area contributed by atoms with Crippen molar-refractivity contribution in [3.05, 3.63) is 30.1 Å². The molecule has 0 spiro atoms. The quantitative estimate of drug-likeness (QED) is 0.807. The average molecular weight is 248 g/mol. The van der Waals surface area contributed by atoms with Gasteiger partial charge in [-0.25, -0.2) is 0 Å². The molecule has 2 rings (SSSR count). The van der Waals surface area contributed by atoms with E-state index >= 15 is 0 Å². The number of amides is 1. The van der Waals surface area contributed by atoms with Crippen molar-refractivity contribution in [2.24, 2.45) is 0 Å². The zero-order valence-electron chi connectivity index (χ0n) is 10.8. The first kappa shape index (κ1) is 13.0. The van der Waals surface area contributed by atoms with E-state index in [9.17, 15) is 4.79 Å². The van der Waals surface area contributed by atoms with Crippen molar-refractivity contribution in [2.75, 3.05) is 13.2 Å². The first-order valence-electron chi connectivity index (χ1n) is 6.53. The molecule has 1 saturated heterocycles. The Bertz CT molecular complexity index is 386. The molecule has 1 aliphatic heterocycles. The molecule has 0 bridgehead atoms.